The number of rotatable bonds is 9. The second kappa shape index (κ2) is 13.6. The molecule has 1 fully saturated rings. The van der Waals surface area contributed by atoms with Crippen LogP contribution >= 0.6 is 0 Å². The monoisotopic (exact) mass is 676 g/mol. The Hall–Kier alpha value is -5.37. The predicted molar refractivity (Wildman–Crippen MR) is 180 cm³/mol. The summed E-state index contributed by atoms with van der Waals surface area (Å²) >= 11 is 0. The molecule has 256 valence electrons. The Morgan fingerprint density at radius 1 is 0.959 bits per heavy atom. The highest BCUT2D eigenvalue weighted by Gasteiger charge is 2.29. The third kappa shape index (κ3) is 6.43. The summed E-state index contributed by atoms with van der Waals surface area (Å²) in [5, 5.41) is 6.03. The highest BCUT2D eigenvalue weighted by atomic mass is 19.1. The van der Waals surface area contributed by atoms with Crippen LogP contribution < -0.4 is 35.2 Å². The maximum absolute atomic E-state index is 16.2. The molecule has 2 atom stereocenters. The van der Waals surface area contributed by atoms with Crippen LogP contribution in [0.4, 0.5) is 24.5 Å². The van der Waals surface area contributed by atoms with Crippen LogP contribution in [0.3, 0.4) is 0 Å². The molecular weight excluding hydrogens is 641 g/mol. The Labute approximate surface area is 279 Å². The molecule has 0 aliphatic carbocycles. The van der Waals surface area contributed by atoms with Crippen LogP contribution in [0.25, 0.3) is 21.8 Å². The van der Waals surface area contributed by atoms with Crippen molar-refractivity contribution in [2.45, 2.75) is 45.8 Å². The Kier molecular flexibility index (Phi) is 9.32. The normalized spacial score (nSPS) is 16.2. The number of nitrogens with one attached hydrogen (secondary N) is 2. The molecule has 6 rings (SSSR count). The van der Waals surface area contributed by atoms with Gasteiger partial charge >= 0.3 is 0 Å². The third-order valence-corrected chi connectivity index (χ3v) is 8.31. The average molecular weight is 677 g/mol. The molecule has 1 amide bonds. The molecule has 5 aromatic rings. The fourth-order valence-electron chi connectivity index (χ4n) is 6.26. The molecule has 2 N–H and O–H groups in total. The zero-order valence-electron chi connectivity index (χ0n) is 27.6. The van der Waals surface area contributed by atoms with E-state index in [1.54, 1.807) is 17.0 Å². The number of aromatic nitrogens is 3. The highest BCUT2D eigenvalue weighted by Crippen LogP contribution is 2.37. The van der Waals surface area contributed by atoms with Crippen LogP contribution in [0.15, 0.2) is 53.7 Å². The molecule has 0 spiro atoms. The van der Waals surface area contributed by atoms with Crippen molar-refractivity contribution in [3.8, 4) is 23.1 Å². The number of hydrogen-bond acceptors (Lipinski definition) is 9. The van der Waals surface area contributed by atoms with E-state index in [1.807, 2.05) is 20.8 Å². The first-order chi connectivity index (χ1) is 23.5. The molecule has 0 radical (unpaired) electrons. The van der Waals surface area contributed by atoms with Gasteiger partial charge in [0.1, 0.15) is 23.4 Å². The topological polar surface area (TPSA) is 120 Å². The van der Waals surface area contributed by atoms with Gasteiger partial charge in [-0.3, -0.25) is 9.59 Å². The predicted octanol–water partition coefficient (Wildman–Crippen LogP) is 6.02. The van der Waals surface area contributed by atoms with Crippen molar-refractivity contribution in [2.75, 3.05) is 37.5 Å². The number of halogens is 3. The number of piperazine rings is 1. The summed E-state index contributed by atoms with van der Waals surface area (Å²) in [6.45, 7) is 6.73. The van der Waals surface area contributed by atoms with Gasteiger partial charge in [-0.15, -0.1) is 0 Å². The van der Waals surface area contributed by atoms with Crippen LogP contribution in [0.1, 0.15) is 37.6 Å². The first-order valence-electron chi connectivity index (χ1n) is 15.7. The lowest BCUT2D eigenvalue weighted by molar-refractivity contribution is 0.102. The molecule has 0 saturated carbocycles. The highest BCUT2D eigenvalue weighted by molar-refractivity contribution is 6.06. The molecule has 1 aliphatic rings. The van der Waals surface area contributed by atoms with Gasteiger partial charge < -0.3 is 34.3 Å². The quantitative estimate of drug-likeness (QED) is 0.193. The van der Waals surface area contributed by atoms with Crippen molar-refractivity contribution in [2.24, 2.45) is 0 Å². The van der Waals surface area contributed by atoms with E-state index in [1.165, 1.54) is 43.4 Å². The SMILES string of the molecule is CCCn1cc(C(=O)Nc2ccc(Oc3ncnc4cc(OC)c(OC)cc34)c(F)c2)c(=O)c2cc(F)c(N3CC(C)NC(C)C3)c(F)c21. The second-order valence-corrected chi connectivity index (χ2v) is 12.0. The van der Waals surface area contributed by atoms with Gasteiger partial charge in [0, 0.05) is 55.7 Å². The largest absolute Gasteiger partial charge is 0.493 e. The van der Waals surface area contributed by atoms with Crippen LogP contribution in [0.5, 0.6) is 23.1 Å². The maximum Gasteiger partial charge on any atom is 0.261 e. The summed E-state index contributed by atoms with van der Waals surface area (Å²) in [4.78, 5) is 37.0. The van der Waals surface area contributed by atoms with Gasteiger partial charge in [0.25, 0.3) is 5.91 Å². The molecule has 1 aliphatic heterocycles. The molecule has 1 saturated heterocycles. The minimum absolute atomic E-state index is 0.00599. The molecule has 2 aromatic heterocycles. The first-order valence-corrected chi connectivity index (χ1v) is 15.7. The molecular formula is C35H35F3N6O5. The van der Waals surface area contributed by atoms with E-state index < -0.39 is 28.8 Å². The summed E-state index contributed by atoms with van der Waals surface area (Å²) in [5.41, 5.74) is -1.01. The van der Waals surface area contributed by atoms with E-state index in [-0.39, 0.29) is 58.1 Å². The summed E-state index contributed by atoms with van der Waals surface area (Å²) in [6, 6.07) is 7.92. The lowest BCUT2D eigenvalue weighted by atomic mass is 10.1. The number of aryl methyl sites for hydroxylation is 1. The van der Waals surface area contributed by atoms with E-state index in [0.29, 0.717) is 41.9 Å². The lowest BCUT2D eigenvalue weighted by Gasteiger charge is -2.38. The van der Waals surface area contributed by atoms with Crippen molar-refractivity contribution in [1.82, 2.24) is 19.9 Å². The molecule has 3 aromatic carbocycles. The van der Waals surface area contributed by atoms with Crippen LogP contribution in [-0.2, 0) is 6.54 Å². The number of ether oxygens (including phenoxy) is 3. The molecule has 11 nitrogen and oxygen atoms in total. The number of methoxy groups -OCH3 is 2. The lowest BCUT2D eigenvalue weighted by Crippen LogP contribution is -2.54. The fourth-order valence-corrected chi connectivity index (χ4v) is 6.26. The van der Waals surface area contributed by atoms with E-state index in [0.717, 1.165) is 12.1 Å². The summed E-state index contributed by atoms with van der Waals surface area (Å²) in [7, 11) is 2.96. The second-order valence-electron chi connectivity index (χ2n) is 12.0. The van der Waals surface area contributed by atoms with Gasteiger partial charge in [-0.05, 0) is 44.5 Å². The molecule has 0 bridgehead atoms. The smallest absolute Gasteiger partial charge is 0.261 e. The van der Waals surface area contributed by atoms with Crippen molar-refractivity contribution in [3.63, 3.8) is 0 Å². The molecule has 3 heterocycles. The minimum atomic E-state index is -0.893. The van der Waals surface area contributed by atoms with Crippen molar-refractivity contribution in [1.29, 1.82) is 0 Å². The van der Waals surface area contributed by atoms with E-state index >= 15 is 13.2 Å². The zero-order chi connectivity index (χ0) is 35.0. The maximum atomic E-state index is 16.2. The number of benzene rings is 3. The molecule has 14 heteroatoms. The van der Waals surface area contributed by atoms with Gasteiger partial charge in [-0.1, -0.05) is 6.92 Å². The van der Waals surface area contributed by atoms with Gasteiger partial charge in [0.05, 0.1) is 36.0 Å². The minimum Gasteiger partial charge on any atom is -0.493 e. The molecule has 2 unspecified atom stereocenters. The first kappa shape index (κ1) is 33.5. The number of fused-ring (bicyclic) bond motifs is 2. The van der Waals surface area contributed by atoms with Crippen LogP contribution in [-0.4, -0.2) is 59.8 Å². The van der Waals surface area contributed by atoms with E-state index in [4.69, 9.17) is 14.2 Å². The Morgan fingerprint density at radius 2 is 1.67 bits per heavy atom. The van der Waals surface area contributed by atoms with E-state index in [2.05, 4.69) is 20.6 Å². The summed E-state index contributed by atoms with van der Waals surface area (Å²) < 4.78 is 64.9. The van der Waals surface area contributed by atoms with Crippen LogP contribution in [0, 0.1) is 17.5 Å². The summed E-state index contributed by atoms with van der Waals surface area (Å²) in [6.07, 6.45) is 3.06. The van der Waals surface area contributed by atoms with Crippen molar-refractivity contribution in [3.05, 3.63) is 82.2 Å². The van der Waals surface area contributed by atoms with Gasteiger partial charge in [-0.2, -0.15) is 0 Å². The third-order valence-electron chi connectivity index (χ3n) is 8.31. The number of anilines is 2. The number of hydrogen-bond donors (Lipinski definition) is 2. The zero-order valence-corrected chi connectivity index (χ0v) is 27.6. The number of pyridine rings is 1. The van der Waals surface area contributed by atoms with Crippen molar-refractivity contribution >= 4 is 39.1 Å². The standard InChI is InChI=1S/C35H35F3N6O5/c1-6-9-43-16-23(33(45)22-11-25(37)32(30(38)31(22)43)44-14-18(2)41-19(3)15-44)34(46)42-20-7-8-27(24(36)10-20)49-35-21-12-28(47-4)29(48-5)13-26(21)39-17-40-35/h7-8,10-13,16-19,41H,6,9,14-15H2,1-5H3,(H,42,46). The van der Waals surface area contributed by atoms with Gasteiger partial charge in [0.15, 0.2) is 28.9 Å². The average Bonchev–Trinajstić information content (AvgIpc) is 3.06. The Morgan fingerprint density at radius 3 is 2.35 bits per heavy atom. The van der Waals surface area contributed by atoms with Crippen LogP contribution in [0.2, 0.25) is 0 Å². The summed E-state index contributed by atoms with van der Waals surface area (Å²) in [5.74, 6) is -2.76. The van der Waals surface area contributed by atoms with Gasteiger partial charge in [-0.25, -0.2) is 23.1 Å². The van der Waals surface area contributed by atoms with Gasteiger partial charge in [0.2, 0.25) is 11.3 Å². The number of carbonyl (C=O) groups excluding carboxylic acids is 1. The van der Waals surface area contributed by atoms with E-state index in [9.17, 15) is 9.59 Å². The number of amides is 1. The Balaban J connectivity index is 1.30. The molecule has 49 heavy (non-hydrogen) atoms. The van der Waals surface area contributed by atoms with Crippen molar-refractivity contribution < 1.29 is 32.2 Å². The number of carbonyl (C=O) groups is 1. The number of nitrogens with zero attached hydrogens (tertiary/aromatic N) is 4. The Bertz CT molecular complexity index is 2130. The fraction of sp³-hybridized carbons (Fsp3) is 0.314.